The van der Waals surface area contributed by atoms with E-state index in [1.807, 2.05) is 13.1 Å². The molecule has 162 valence electrons. The molecule has 0 aromatic carbocycles. The number of esters is 1. The van der Waals surface area contributed by atoms with E-state index in [2.05, 4.69) is 26.4 Å². The van der Waals surface area contributed by atoms with Crippen molar-refractivity contribution in [2.75, 3.05) is 31.7 Å². The van der Waals surface area contributed by atoms with Gasteiger partial charge in [-0.1, -0.05) is 0 Å². The number of aryl methyl sites for hydroxylation is 2. The number of imidazole rings is 1. The second-order valence-electron chi connectivity index (χ2n) is 8.09. The number of piperidine rings is 1. The summed E-state index contributed by atoms with van der Waals surface area (Å²) in [6.45, 7) is 7.05. The Labute approximate surface area is 180 Å². The van der Waals surface area contributed by atoms with E-state index >= 15 is 0 Å². The molecule has 0 radical (unpaired) electrons. The normalized spacial score (nSPS) is 17.7. The number of carbonyl (C=O) groups excluding carboxylic acids is 1. The van der Waals surface area contributed by atoms with Crippen molar-refractivity contribution >= 4 is 23.1 Å². The van der Waals surface area contributed by atoms with Gasteiger partial charge in [0.25, 0.3) is 0 Å². The van der Waals surface area contributed by atoms with Crippen LogP contribution in [-0.4, -0.2) is 57.3 Å². The first-order valence-corrected chi connectivity index (χ1v) is 10.7. The highest BCUT2D eigenvalue weighted by atomic mass is 16.5. The van der Waals surface area contributed by atoms with E-state index in [1.165, 1.54) is 12.7 Å². The zero-order valence-electron chi connectivity index (χ0n) is 18.1. The summed E-state index contributed by atoms with van der Waals surface area (Å²) in [6.07, 6.45) is 6.04. The van der Waals surface area contributed by atoms with Crippen LogP contribution >= 0.6 is 0 Å². The van der Waals surface area contributed by atoms with Crippen molar-refractivity contribution in [1.29, 1.82) is 0 Å². The van der Waals surface area contributed by atoms with Crippen LogP contribution in [0, 0.1) is 6.92 Å². The molecule has 0 unspecified atom stereocenters. The SMILES string of the molecule is CCn1c(N2CCC3(CC2)OCCc2cnc(C)nc23)nc2cc(C(=O)OC)cnc21. The number of ether oxygens (including phenoxy) is 2. The molecule has 1 fully saturated rings. The molecule has 1 saturated heterocycles. The van der Waals surface area contributed by atoms with E-state index in [0.29, 0.717) is 17.7 Å². The third-order valence-electron chi connectivity index (χ3n) is 6.32. The predicted molar refractivity (Wildman–Crippen MR) is 114 cm³/mol. The molecule has 31 heavy (non-hydrogen) atoms. The Balaban J connectivity index is 1.45. The minimum Gasteiger partial charge on any atom is -0.465 e. The fraction of sp³-hybridized carbons (Fsp3) is 0.500. The Hall–Kier alpha value is -3.07. The van der Waals surface area contributed by atoms with Crippen molar-refractivity contribution in [3.63, 3.8) is 0 Å². The maximum Gasteiger partial charge on any atom is 0.339 e. The molecule has 0 aliphatic carbocycles. The average molecular weight is 422 g/mol. The maximum absolute atomic E-state index is 11.9. The molecular weight excluding hydrogens is 396 g/mol. The Morgan fingerprint density at radius 3 is 2.77 bits per heavy atom. The smallest absolute Gasteiger partial charge is 0.339 e. The van der Waals surface area contributed by atoms with E-state index in [9.17, 15) is 4.79 Å². The van der Waals surface area contributed by atoms with Crippen LogP contribution < -0.4 is 4.90 Å². The van der Waals surface area contributed by atoms with Crippen LogP contribution in [0.15, 0.2) is 18.5 Å². The topological polar surface area (TPSA) is 95.3 Å². The van der Waals surface area contributed by atoms with Crippen molar-refractivity contribution < 1.29 is 14.3 Å². The lowest BCUT2D eigenvalue weighted by Gasteiger charge is -2.44. The average Bonchev–Trinajstić information content (AvgIpc) is 3.17. The molecular formula is C22H26N6O3. The van der Waals surface area contributed by atoms with Crippen molar-refractivity contribution in [2.24, 2.45) is 0 Å². The summed E-state index contributed by atoms with van der Waals surface area (Å²) in [4.78, 5) is 32.6. The van der Waals surface area contributed by atoms with Gasteiger partial charge in [0.05, 0.1) is 25.0 Å². The monoisotopic (exact) mass is 422 g/mol. The van der Waals surface area contributed by atoms with Gasteiger partial charge in [0, 0.05) is 32.0 Å². The van der Waals surface area contributed by atoms with Gasteiger partial charge < -0.3 is 14.4 Å². The van der Waals surface area contributed by atoms with Gasteiger partial charge >= 0.3 is 5.97 Å². The standard InChI is InChI=1S/C22H26N6O3/c1-4-28-19-17(11-16(13-24-19)20(29)30-3)26-21(28)27-8-6-22(7-9-27)18-15(5-10-31-22)12-23-14(2)25-18/h11-13H,4-10H2,1-3H3. The van der Waals surface area contributed by atoms with Crippen LogP contribution in [0.4, 0.5) is 5.95 Å². The molecule has 0 amide bonds. The zero-order valence-corrected chi connectivity index (χ0v) is 18.1. The Morgan fingerprint density at radius 1 is 1.23 bits per heavy atom. The van der Waals surface area contributed by atoms with Crippen LogP contribution in [0.25, 0.3) is 11.2 Å². The minimum absolute atomic E-state index is 0.350. The summed E-state index contributed by atoms with van der Waals surface area (Å²) in [5.74, 6) is 1.25. The summed E-state index contributed by atoms with van der Waals surface area (Å²) in [5.41, 5.74) is 3.78. The molecule has 5 rings (SSSR count). The van der Waals surface area contributed by atoms with Crippen LogP contribution in [0.5, 0.6) is 0 Å². The highest BCUT2D eigenvalue weighted by molar-refractivity contribution is 5.92. The number of aromatic nitrogens is 5. The third-order valence-corrected chi connectivity index (χ3v) is 6.32. The Bertz CT molecular complexity index is 1150. The maximum atomic E-state index is 11.9. The lowest BCUT2D eigenvalue weighted by molar-refractivity contribution is -0.0804. The Morgan fingerprint density at radius 2 is 2.03 bits per heavy atom. The van der Waals surface area contributed by atoms with Gasteiger partial charge in [-0.15, -0.1) is 0 Å². The second kappa shape index (κ2) is 7.56. The van der Waals surface area contributed by atoms with E-state index in [1.54, 1.807) is 12.3 Å². The summed E-state index contributed by atoms with van der Waals surface area (Å²) >= 11 is 0. The molecule has 0 atom stereocenters. The predicted octanol–water partition coefficient (Wildman–Crippen LogP) is 2.40. The van der Waals surface area contributed by atoms with E-state index in [-0.39, 0.29) is 5.60 Å². The Kier molecular flexibility index (Phi) is 4.85. The van der Waals surface area contributed by atoms with Gasteiger partial charge in [-0.2, -0.15) is 0 Å². The van der Waals surface area contributed by atoms with Gasteiger partial charge in [-0.25, -0.2) is 24.7 Å². The second-order valence-corrected chi connectivity index (χ2v) is 8.09. The first-order chi connectivity index (χ1) is 15.0. The highest BCUT2D eigenvalue weighted by Gasteiger charge is 2.43. The number of fused-ring (bicyclic) bond motifs is 3. The summed E-state index contributed by atoms with van der Waals surface area (Å²) < 4.78 is 13.2. The first kappa shape index (κ1) is 19.9. The van der Waals surface area contributed by atoms with Crippen LogP contribution in [0.2, 0.25) is 0 Å². The van der Waals surface area contributed by atoms with Crippen molar-refractivity contribution in [3.8, 4) is 0 Å². The van der Waals surface area contributed by atoms with Crippen molar-refractivity contribution in [2.45, 2.75) is 45.3 Å². The summed E-state index contributed by atoms with van der Waals surface area (Å²) in [6, 6.07) is 1.75. The minimum atomic E-state index is -0.410. The fourth-order valence-corrected chi connectivity index (χ4v) is 4.71. The number of carbonyl (C=O) groups is 1. The molecule has 0 saturated carbocycles. The lowest BCUT2D eigenvalue weighted by Crippen LogP contribution is -2.48. The quantitative estimate of drug-likeness (QED) is 0.594. The molecule has 9 nitrogen and oxygen atoms in total. The van der Waals surface area contributed by atoms with Crippen molar-refractivity contribution in [3.05, 3.63) is 41.1 Å². The van der Waals surface area contributed by atoms with Gasteiger partial charge in [-0.05, 0) is 44.7 Å². The number of pyridine rings is 1. The van der Waals surface area contributed by atoms with E-state index < -0.39 is 5.97 Å². The third kappa shape index (κ3) is 3.23. The largest absolute Gasteiger partial charge is 0.465 e. The van der Waals surface area contributed by atoms with Crippen LogP contribution in [0.3, 0.4) is 0 Å². The molecule has 5 heterocycles. The zero-order chi connectivity index (χ0) is 21.6. The van der Waals surface area contributed by atoms with Gasteiger partial charge in [0.1, 0.15) is 16.9 Å². The number of nitrogens with zero attached hydrogens (tertiary/aromatic N) is 6. The van der Waals surface area contributed by atoms with Gasteiger partial charge in [0.15, 0.2) is 5.65 Å². The molecule has 3 aromatic rings. The number of hydrogen-bond acceptors (Lipinski definition) is 8. The lowest BCUT2D eigenvalue weighted by atomic mass is 9.83. The molecule has 2 aliphatic heterocycles. The molecule has 0 N–H and O–H groups in total. The number of anilines is 1. The van der Waals surface area contributed by atoms with Crippen LogP contribution in [-0.2, 0) is 28.0 Å². The number of hydrogen-bond donors (Lipinski definition) is 0. The van der Waals surface area contributed by atoms with Crippen LogP contribution in [0.1, 0.15) is 47.2 Å². The molecule has 3 aromatic heterocycles. The molecule has 0 bridgehead atoms. The van der Waals surface area contributed by atoms with Gasteiger partial charge in [-0.3, -0.25) is 4.57 Å². The fourth-order valence-electron chi connectivity index (χ4n) is 4.71. The van der Waals surface area contributed by atoms with E-state index in [4.69, 9.17) is 19.4 Å². The molecule has 2 aliphatic rings. The molecule has 1 spiro atoms. The first-order valence-electron chi connectivity index (χ1n) is 10.7. The summed E-state index contributed by atoms with van der Waals surface area (Å²) in [7, 11) is 1.37. The van der Waals surface area contributed by atoms with Gasteiger partial charge in [0.2, 0.25) is 5.95 Å². The number of methoxy groups -OCH3 is 1. The number of rotatable bonds is 3. The molecule has 9 heteroatoms. The van der Waals surface area contributed by atoms with Crippen molar-refractivity contribution in [1.82, 2.24) is 24.5 Å². The summed E-state index contributed by atoms with van der Waals surface area (Å²) in [5, 5.41) is 0. The highest BCUT2D eigenvalue weighted by Crippen LogP contribution is 2.41. The van der Waals surface area contributed by atoms with E-state index in [0.717, 1.165) is 62.0 Å².